The second kappa shape index (κ2) is 17.1. The molecule has 0 radical (unpaired) electrons. The molecule has 0 spiro atoms. The summed E-state index contributed by atoms with van der Waals surface area (Å²) in [6.45, 7) is 3.59. The summed E-state index contributed by atoms with van der Waals surface area (Å²) in [6.07, 6.45) is 12.9. The Balaban J connectivity index is 3.99. The van der Waals surface area contributed by atoms with Crippen molar-refractivity contribution in [2.45, 2.75) is 95.6 Å². The normalized spacial score (nSPS) is 14.4. The maximum Gasteiger partial charge on any atom is 0.306 e. The van der Waals surface area contributed by atoms with Gasteiger partial charge in [0, 0.05) is 15.8 Å². The van der Waals surface area contributed by atoms with Crippen LogP contribution in [-0.4, -0.2) is 27.3 Å². The van der Waals surface area contributed by atoms with Crippen molar-refractivity contribution in [1.82, 2.24) is 0 Å². The molecule has 0 aliphatic carbocycles. The molecule has 0 rings (SSSR count). The number of carbonyl (C=O) groups is 1. The minimum absolute atomic E-state index is 0.0145. The first-order valence-electron chi connectivity index (χ1n) is 10.1. The predicted octanol–water partition coefficient (Wildman–Crippen LogP) is 4.25. The van der Waals surface area contributed by atoms with Gasteiger partial charge in [0.2, 0.25) is 0 Å². The van der Waals surface area contributed by atoms with Gasteiger partial charge in [0.15, 0.2) is 6.61 Å². The zero-order valence-corrected chi connectivity index (χ0v) is 18.7. The molecule has 0 N–H and O–H groups in total. The molecule has 5 nitrogen and oxygen atoms in total. The van der Waals surface area contributed by atoms with Gasteiger partial charge >= 0.3 is 5.97 Å². The quantitative estimate of drug-likeness (QED) is 0.223. The molecule has 0 aromatic rings. The van der Waals surface area contributed by atoms with Gasteiger partial charge in [0.05, 0.1) is 6.07 Å². The minimum atomic E-state index is -1.72. The van der Waals surface area contributed by atoms with Crippen LogP contribution in [0.25, 0.3) is 0 Å². The van der Waals surface area contributed by atoms with E-state index in [-0.39, 0.29) is 19.4 Å². The molecule has 7 heteroatoms. The fourth-order valence-electron chi connectivity index (χ4n) is 2.64. The monoisotopic (exact) mass is 416 g/mol. The number of thiol groups is 2. The summed E-state index contributed by atoms with van der Waals surface area (Å²) in [4.78, 5) is 11.5. The highest BCUT2D eigenvalue weighted by Crippen LogP contribution is 2.17. The highest BCUT2D eigenvalue weighted by molar-refractivity contribution is 8.30. The van der Waals surface area contributed by atoms with Gasteiger partial charge in [-0.15, -0.1) is 10.3 Å². The van der Waals surface area contributed by atoms with E-state index >= 15 is 0 Å². The van der Waals surface area contributed by atoms with Crippen molar-refractivity contribution in [1.29, 1.82) is 10.5 Å². The van der Waals surface area contributed by atoms with Crippen molar-refractivity contribution in [2.75, 3.05) is 12.4 Å². The summed E-state index contributed by atoms with van der Waals surface area (Å²) in [7, 11) is -0.918. The highest BCUT2D eigenvalue weighted by atomic mass is 32.8. The van der Waals surface area contributed by atoms with Crippen LogP contribution in [0.1, 0.15) is 90.9 Å². The standard InChI is InChI=1S/C20H36N2O3S2/c1-3-4-5-6-7-8-9-10-11-12-17-26-27(24)20(2,18-22)14-13-19(23)25-16-15-21/h26-27H,3-14,16-17H2,1-2H3. The number of ether oxygens (including phenoxy) is 1. The van der Waals surface area contributed by atoms with E-state index in [4.69, 9.17) is 5.26 Å². The summed E-state index contributed by atoms with van der Waals surface area (Å²) in [5.41, 5.74) is 0. The minimum Gasteiger partial charge on any atom is -0.450 e. The Morgan fingerprint density at radius 1 is 1.04 bits per heavy atom. The maximum atomic E-state index is 12.5. The Morgan fingerprint density at radius 2 is 1.59 bits per heavy atom. The third kappa shape index (κ3) is 13.7. The summed E-state index contributed by atoms with van der Waals surface area (Å²) in [5, 5.41) is 17.8. The van der Waals surface area contributed by atoms with Crippen LogP contribution < -0.4 is 0 Å². The molecule has 27 heavy (non-hydrogen) atoms. The number of hydrogen-bond donors (Lipinski definition) is 2. The van der Waals surface area contributed by atoms with E-state index < -0.39 is 20.1 Å². The third-order valence-corrected chi connectivity index (χ3v) is 9.15. The SMILES string of the molecule is CCCCCCCCCCCC/[SH]=[SH](=O)/C(C)(C#N)CCC(=O)OCC#N. The van der Waals surface area contributed by atoms with Gasteiger partial charge in [-0.1, -0.05) is 64.7 Å². The van der Waals surface area contributed by atoms with Gasteiger partial charge in [0.1, 0.15) is 10.8 Å². The smallest absolute Gasteiger partial charge is 0.306 e. The summed E-state index contributed by atoms with van der Waals surface area (Å²) in [5.74, 6) is 0.315. The summed E-state index contributed by atoms with van der Waals surface area (Å²) >= 11 is 0. The molecular weight excluding hydrogens is 380 g/mol. The molecule has 0 aliphatic rings. The van der Waals surface area contributed by atoms with Crippen molar-refractivity contribution < 1.29 is 13.7 Å². The fourth-order valence-corrected chi connectivity index (χ4v) is 6.23. The zero-order chi connectivity index (χ0) is 20.4. The van der Waals surface area contributed by atoms with Gasteiger partial charge < -0.3 is 4.74 Å². The molecule has 0 bridgehead atoms. The molecule has 2 unspecified atom stereocenters. The molecule has 0 amide bonds. The third-order valence-electron chi connectivity index (χ3n) is 4.52. The lowest BCUT2D eigenvalue weighted by Gasteiger charge is -2.16. The molecule has 0 saturated carbocycles. The molecule has 2 atom stereocenters. The number of nitriles is 2. The van der Waals surface area contributed by atoms with E-state index in [1.165, 1.54) is 51.4 Å². The number of esters is 1. The second-order valence-electron chi connectivity index (χ2n) is 7.02. The van der Waals surface area contributed by atoms with Crippen molar-refractivity contribution in [3.05, 3.63) is 0 Å². The first-order valence-corrected chi connectivity index (χ1v) is 13.1. The number of unbranched alkanes of at least 4 members (excludes halogenated alkanes) is 9. The van der Waals surface area contributed by atoms with Gasteiger partial charge in [-0.3, -0.25) is 9.00 Å². The van der Waals surface area contributed by atoms with Crippen LogP contribution in [0.15, 0.2) is 0 Å². The lowest BCUT2D eigenvalue weighted by Crippen LogP contribution is -2.26. The Kier molecular flexibility index (Phi) is 16.4. The molecule has 0 aliphatic heterocycles. The van der Waals surface area contributed by atoms with E-state index in [0.717, 1.165) is 28.9 Å². The van der Waals surface area contributed by atoms with E-state index in [0.29, 0.717) is 0 Å². The molecule has 0 fully saturated rings. The van der Waals surface area contributed by atoms with Gasteiger partial charge in [-0.2, -0.15) is 10.5 Å². The Morgan fingerprint density at radius 3 is 2.11 bits per heavy atom. The topological polar surface area (TPSA) is 90.9 Å². The second-order valence-corrected chi connectivity index (χ2v) is 11.2. The number of rotatable bonds is 16. The largest absolute Gasteiger partial charge is 0.450 e. The van der Waals surface area contributed by atoms with Crippen molar-refractivity contribution in [2.24, 2.45) is 0 Å². The van der Waals surface area contributed by atoms with Gasteiger partial charge in [-0.05, 0) is 25.5 Å². The van der Waals surface area contributed by atoms with Crippen LogP contribution in [0.5, 0.6) is 0 Å². The van der Waals surface area contributed by atoms with Gasteiger partial charge in [-0.25, -0.2) is 0 Å². The number of hydrogen-bond acceptors (Lipinski definition) is 5. The predicted molar refractivity (Wildman–Crippen MR) is 115 cm³/mol. The van der Waals surface area contributed by atoms with E-state index in [9.17, 15) is 14.3 Å². The highest BCUT2D eigenvalue weighted by Gasteiger charge is 2.26. The molecule has 0 heterocycles. The van der Waals surface area contributed by atoms with Gasteiger partial charge in [0.25, 0.3) is 0 Å². The van der Waals surface area contributed by atoms with E-state index in [1.54, 1.807) is 13.0 Å². The average Bonchev–Trinajstić information content (AvgIpc) is 2.68. The molecule has 0 saturated heterocycles. The van der Waals surface area contributed by atoms with Crippen LogP contribution in [0.2, 0.25) is 0 Å². The Bertz CT molecular complexity index is 575. The van der Waals surface area contributed by atoms with E-state index in [2.05, 4.69) is 17.7 Å². The summed E-state index contributed by atoms with van der Waals surface area (Å²) in [6, 6.07) is 3.85. The molecular formula is C20H36N2O3S2. The summed E-state index contributed by atoms with van der Waals surface area (Å²) < 4.78 is 16.2. The zero-order valence-electron chi connectivity index (χ0n) is 16.9. The maximum absolute atomic E-state index is 12.5. The first kappa shape index (κ1) is 26.0. The van der Waals surface area contributed by atoms with E-state index in [1.807, 2.05) is 0 Å². The van der Waals surface area contributed by atoms with Crippen molar-refractivity contribution >= 4 is 25.6 Å². The molecule has 156 valence electrons. The Labute approximate surface area is 170 Å². The average molecular weight is 417 g/mol. The Hall–Kier alpha value is -1.05. The van der Waals surface area contributed by atoms with Crippen LogP contribution >= 0.6 is 0 Å². The lowest BCUT2D eigenvalue weighted by atomic mass is 10.1. The van der Waals surface area contributed by atoms with Crippen LogP contribution in [0.4, 0.5) is 0 Å². The van der Waals surface area contributed by atoms with Crippen LogP contribution in [-0.2, 0) is 29.2 Å². The number of nitrogens with zero attached hydrogens (tertiary/aromatic N) is 2. The number of carbonyl (C=O) groups excluding carboxylic acids is 1. The molecule has 0 aromatic heterocycles. The van der Waals surface area contributed by atoms with Crippen LogP contribution in [0.3, 0.4) is 0 Å². The van der Waals surface area contributed by atoms with Crippen molar-refractivity contribution in [3.8, 4) is 12.1 Å². The molecule has 0 aromatic carbocycles. The first-order chi connectivity index (χ1) is 13.0. The fraction of sp³-hybridized carbons (Fsp3) is 0.850. The lowest BCUT2D eigenvalue weighted by molar-refractivity contribution is -0.142. The van der Waals surface area contributed by atoms with Crippen molar-refractivity contribution in [3.63, 3.8) is 0 Å². The van der Waals surface area contributed by atoms with Crippen LogP contribution in [0, 0.1) is 22.7 Å².